The van der Waals surface area contributed by atoms with E-state index in [1.54, 1.807) is 6.07 Å². The molecule has 31 heavy (non-hydrogen) atoms. The summed E-state index contributed by atoms with van der Waals surface area (Å²) in [6.45, 7) is 7.26. The van der Waals surface area contributed by atoms with Crippen molar-refractivity contribution < 1.29 is 27.9 Å². The van der Waals surface area contributed by atoms with Gasteiger partial charge in [0, 0.05) is 6.92 Å². The van der Waals surface area contributed by atoms with Crippen molar-refractivity contribution in [2.75, 3.05) is 11.4 Å². The van der Waals surface area contributed by atoms with Gasteiger partial charge in [0.25, 0.3) is 0 Å². The molecule has 1 amide bonds. The lowest BCUT2D eigenvalue weighted by Gasteiger charge is -2.33. The van der Waals surface area contributed by atoms with Gasteiger partial charge in [0.2, 0.25) is 15.9 Å². The predicted octanol–water partition coefficient (Wildman–Crippen LogP) is 2.93. The molecule has 0 fully saturated rings. The van der Waals surface area contributed by atoms with Crippen LogP contribution in [0.1, 0.15) is 43.0 Å². The molecule has 2 aromatic rings. The Morgan fingerprint density at radius 2 is 1.94 bits per heavy atom. The van der Waals surface area contributed by atoms with E-state index in [0.29, 0.717) is 23.5 Å². The highest BCUT2D eigenvalue weighted by atomic mass is 32.2. The number of ether oxygens (including phenoxy) is 1. The van der Waals surface area contributed by atoms with Crippen molar-refractivity contribution in [3.05, 3.63) is 53.1 Å². The minimum atomic E-state index is -4.08. The number of carbonyl (C=O) groups excluding carboxylic acids is 1. The van der Waals surface area contributed by atoms with Gasteiger partial charge < -0.3 is 14.7 Å². The summed E-state index contributed by atoms with van der Waals surface area (Å²) in [6, 6.07) is 8.76. The third kappa shape index (κ3) is 5.05. The number of carboxylic acid groups (broad SMARTS) is 1. The summed E-state index contributed by atoms with van der Waals surface area (Å²) in [4.78, 5) is 24.9. The average Bonchev–Trinajstić information content (AvgIpc) is 2.65. The van der Waals surface area contributed by atoms with Gasteiger partial charge >= 0.3 is 5.97 Å². The molecule has 1 aliphatic heterocycles. The minimum Gasteiger partial charge on any atom is -0.487 e. The van der Waals surface area contributed by atoms with Crippen LogP contribution in [0, 0.1) is 13.8 Å². The molecular formula is C22H26N2O6S. The second-order valence-corrected chi connectivity index (χ2v) is 9.53. The quantitative estimate of drug-likeness (QED) is 0.705. The lowest BCUT2D eigenvalue weighted by atomic mass is 9.98. The fourth-order valence-electron chi connectivity index (χ4n) is 3.74. The summed E-state index contributed by atoms with van der Waals surface area (Å²) in [5, 5.41) is 9.34. The van der Waals surface area contributed by atoms with Gasteiger partial charge in [-0.2, -0.15) is 0 Å². The molecular weight excluding hydrogens is 420 g/mol. The van der Waals surface area contributed by atoms with E-state index in [9.17, 15) is 23.1 Å². The Morgan fingerprint density at radius 3 is 2.55 bits per heavy atom. The van der Waals surface area contributed by atoms with Crippen LogP contribution in [0.5, 0.6) is 5.75 Å². The topological polar surface area (TPSA) is 113 Å². The van der Waals surface area contributed by atoms with E-state index >= 15 is 0 Å². The lowest BCUT2D eigenvalue weighted by molar-refractivity contribution is -0.137. The van der Waals surface area contributed by atoms with Crippen LogP contribution in [-0.2, 0) is 19.6 Å². The number of carboxylic acids is 1. The number of nitrogens with zero attached hydrogens (tertiary/aromatic N) is 1. The van der Waals surface area contributed by atoms with Crippen LogP contribution < -0.4 is 14.4 Å². The highest BCUT2D eigenvalue weighted by molar-refractivity contribution is 7.89. The summed E-state index contributed by atoms with van der Waals surface area (Å²) in [5.74, 6) is -0.925. The number of amides is 1. The Labute approximate surface area is 181 Å². The number of aryl methyl sites for hydroxylation is 2. The molecule has 2 atom stereocenters. The standard InChI is InChI=1S/C22H26N2O6S/c1-13-5-7-18(14(2)9-13)19(11-22(26)27)23-31(28,29)17-6-8-21-20(10-17)24(16(4)25)12-15(3)30-21/h5-10,15,19,23H,11-12H2,1-4H3,(H,26,27). The SMILES string of the molecule is CC(=O)N1CC(C)Oc2ccc(S(=O)(=O)NC(CC(=O)O)c3ccc(C)cc3C)cc21. The number of hydrogen-bond donors (Lipinski definition) is 2. The molecule has 0 aliphatic carbocycles. The number of anilines is 1. The molecule has 166 valence electrons. The predicted molar refractivity (Wildman–Crippen MR) is 116 cm³/mol. The van der Waals surface area contributed by atoms with Gasteiger partial charge in [-0.15, -0.1) is 0 Å². The van der Waals surface area contributed by atoms with Crippen molar-refractivity contribution >= 4 is 27.6 Å². The second kappa shape index (κ2) is 8.68. The van der Waals surface area contributed by atoms with Crippen LogP contribution in [0.2, 0.25) is 0 Å². The summed E-state index contributed by atoms with van der Waals surface area (Å²) in [7, 11) is -4.08. The molecule has 3 rings (SSSR count). The molecule has 0 aromatic heterocycles. The van der Waals surface area contributed by atoms with E-state index in [2.05, 4.69) is 4.72 Å². The maximum atomic E-state index is 13.2. The van der Waals surface area contributed by atoms with Gasteiger partial charge in [0.1, 0.15) is 11.9 Å². The lowest BCUT2D eigenvalue weighted by Crippen LogP contribution is -2.41. The first-order valence-electron chi connectivity index (χ1n) is 9.88. The van der Waals surface area contributed by atoms with Gasteiger partial charge in [0.15, 0.2) is 0 Å². The highest BCUT2D eigenvalue weighted by Gasteiger charge is 2.30. The van der Waals surface area contributed by atoms with E-state index in [4.69, 9.17) is 4.74 Å². The zero-order valence-electron chi connectivity index (χ0n) is 17.9. The normalized spacial score (nSPS) is 16.9. The first-order chi connectivity index (χ1) is 14.5. The summed E-state index contributed by atoms with van der Waals surface area (Å²) in [6.07, 6.45) is -0.629. The Morgan fingerprint density at radius 1 is 1.23 bits per heavy atom. The molecule has 1 aliphatic rings. The van der Waals surface area contributed by atoms with Crippen molar-refractivity contribution in [1.82, 2.24) is 4.72 Å². The van der Waals surface area contributed by atoms with Gasteiger partial charge in [-0.05, 0) is 50.1 Å². The van der Waals surface area contributed by atoms with E-state index in [-0.39, 0.29) is 16.9 Å². The van der Waals surface area contributed by atoms with E-state index < -0.39 is 28.5 Å². The third-order valence-corrected chi connectivity index (χ3v) is 6.63. The number of aliphatic carboxylic acids is 1. The van der Waals surface area contributed by atoms with Gasteiger partial charge in [-0.1, -0.05) is 23.8 Å². The first-order valence-corrected chi connectivity index (χ1v) is 11.4. The Bertz CT molecular complexity index is 1130. The maximum Gasteiger partial charge on any atom is 0.305 e. The minimum absolute atomic E-state index is 0.0733. The Balaban J connectivity index is 1.99. The summed E-state index contributed by atoms with van der Waals surface area (Å²) < 4.78 is 34.6. The van der Waals surface area contributed by atoms with Crippen molar-refractivity contribution in [1.29, 1.82) is 0 Å². The maximum absolute atomic E-state index is 13.2. The number of carbonyl (C=O) groups is 2. The van der Waals surface area contributed by atoms with Crippen LogP contribution in [0.25, 0.3) is 0 Å². The highest BCUT2D eigenvalue weighted by Crippen LogP contribution is 2.36. The second-order valence-electron chi connectivity index (χ2n) is 7.82. The number of nitrogens with one attached hydrogen (secondary N) is 1. The molecule has 0 radical (unpaired) electrons. The number of rotatable bonds is 6. The van der Waals surface area contributed by atoms with E-state index in [1.807, 2.05) is 32.9 Å². The molecule has 2 N–H and O–H groups in total. The number of hydrogen-bond acceptors (Lipinski definition) is 5. The fourth-order valence-corrected chi connectivity index (χ4v) is 4.98. The smallest absolute Gasteiger partial charge is 0.305 e. The van der Waals surface area contributed by atoms with E-state index in [0.717, 1.165) is 11.1 Å². The van der Waals surface area contributed by atoms with Crippen LogP contribution in [-0.4, -0.2) is 38.0 Å². The van der Waals surface area contributed by atoms with Crippen molar-refractivity contribution in [2.24, 2.45) is 0 Å². The van der Waals surface area contributed by atoms with Crippen LogP contribution >= 0.6 is 0 Å². The first kappa shape index (κ1) is 22.8. The summed E-state index contributed by atoms with van der Waals surface area (Å²) in [5.41, 5.74) is 2.75. The van der Waals surface area contributed by atoms with Crippen LogP contribution in [0.4, 0.5) is 5.69 Å². The molecule has 0 saturated heterocycles. The van der Waals surface area contributed by atoms with Gasteiger partial charge in [-0.3, -0.25) is 9.59 Å². The largest absolute Gasteiger partial charge is 0.487 e. The Kier molecular flexibility index (Phi) is 6.38. The fraction of sp³-hybridized carbons (Fsp3) is 0.364. The molecule has 2 unspecified atom stereocenters. The Hall–Kier alpha value is -2.91. The van der Waals surface area contributed by atoms with Crippen LogP contribution in [0.15, 0.2) is 41.3 Å². The molecule has 8 nitrogen and oxygen atoms in total. The molecule has 0 spiro atoms. The molecule has 9 heteroatoms. The monoisotopic (exact) mass is 446 g/mol. The molecule has 0 saturated carbocycles. The van der Waals surface area contributed by atoms with Crippen LogP contribution in [0.3, 0.4) is 0 Å². The van der Waals surface area contributed by atoms with E-state index in [1.165, 1.54) is 30.0 Å². The van der Waals surface area contributed by atoms with Crippen molar-refractivity contribution in [2.45, 2.75) is 51.2 Å². The molecule has 0 bridgehead atoms. The number of benzene rings is 2. The zero-order valence-corrected chi connectivity index (χ0v) is 18.7. The summed E-state index contributed by atoms with van der Waals surface area (Å²) >= 11 is 0. The average molecular weight is 447 g/mol. The third-order valence-electron chi connectivity index (χ3n) is 5.16. The van der Waals surface area contributed by atoms with Crippen molar-refractivity contribution in [3.8, 4) is 5.75 Å². The van der Waals surface area contributed by atoms with Gasteiger partial charge in [0.05, 0.1) is 29.6 Å². The molecule has 2 aromatic carbocycles. The number of sulfonamides is 1. The number of fused-ring (bicyclic) bond motifs is 1. The molecule has 1 heterocycles. The van der Waals surface area contributed by atoms with Gasteiger partial charge in [-0.25, -0.2) is 13.1 Å². The zero-order chi connectivity index (χ0) is 22.9. The van der Waals surface area contributed by atoms with Crippen molar-refractivity contribution in [3.63, 3.8) is 0 Å².